The molecule has 0 saturated heterocycles. The number of thioether (sulfide) groups is 1. The summed E-state index contributed by atoms with van der Waals surface area (Å²) < 4.78 is 27.0. The highest BCUT2D eigenvalue weighted by Gasteiger charge is 2.16. The molecular weight excluding hydrogens is 292 g/mol. The third-order valence-electron chi connectivity index (χ3n) is 3.07. The lowest BCUT2D eigenvalue weighted by Gasteiger charge is -2.10. The number of nitrogen functional groups attached to an aromatic ring is 1. The lowest BCUT2D eigenvalue weighted by molar-refractivity contribution is 0.573. The van der Waals surface area contributed by atoms with Crippen molar-refractivity contribution in [2.24, 2.45) is 0 Å². The van der Waals surface area contributed by atoms with Crippen LogP contribution in [0, 0.1) is 6.92 Å². The van der Waals surface area contributed by atoms with E-state index in [-0.39, 0.29) is 4.90 Å². The summed E-state index contributed by atoms with van der Waals surface area (Å²) in [4.78, 5) is 0.278. The fourth-order valence-electron chi connectivity index (χ4n) is 1.92. The van der Waals surface area contributed by atoms with Crippen LogP contribution < -0.4 is 10.5 Å². The number of hydrogen-bond acceptors (Lipinski definition) is 4. The van der Waals surface area contributed by atoms with Crippen molar-refractivity contribution in [1.29, 1.82) is 0 Å². The summed E-state index contributed by atoms with van der Waals surface area (Å²) >= 11 is 1.85. The second-order valence-corrected chi connectivity index (χ2v) is 7.55. The molecule has 0 atom stereocenters. The topological polar surface area (TPSA) is 72.2 Å². The molecule has 4 nitrogen and oxygen atoms in total. The van der Waals surface area contributed by atoms with E-state index in [1.54, 1.807) is 19.1 Å². The van der Waals surface area contributed by atoms with Crippen LogP contribution in [0.15, 0.2) is 23.1 Å². The number of unbranched alkanes of at least 4 members (excludes halogenated alkanes) is 3. The molecule has 1 aromatic carbocycles. The quantitative estimate of drug-likeness (QED) is 0.543. The van der Waals surface area contributed by atoms with E-state index in [9.17, 15) is 8.42 Å². The summed E-state index contributed by atoms with van der Waals surface area (Å²) in [7, 11) is -3.44. The van der Waals surface area contributed by atoms with E-state index in [4.69, 9.17) is 5.73 Å². The molecule has 0 aromatic heterocycles. The lowest BCUT2D eigenvalue weighted by Crippen LogP contribution is -2.25. The van der Waals surface area contributed by atoms with Gasteiger partial charge in [-0.25, -0.2) is 13.1 Å². The number of hydrogen-bond donors (Lipinski definition) is 2. The first-order valence-corrected chi connectivity index (χ1v) is 9.70. The smallest absolute Gasteiger partial charge is 0.240 e. The van der Waals surface area contributed by atoms with Crippen molar-refractivity contribution >= 4 is 27.5 Å². The van der Waals surface area contributed by atoms with Gasteiger partial charge in [-0.2, -0.15) is 11.8 Å². The number of aryl methyl sites for hydroxylation is 1. The Morgan fingerprint density at radius 3 is 2.60 bits per heavy atom. The first-order chi connectivity index (χ1) is 9.47. The minimum Gasteiger partial charge on any atom is -0.399 e. The minimum absolute atomic E-state index is 0.278. The van der Waals surface area contributed by atoms with Gasteiger partial charge in [0, 0.05) is 12.2 Å². The highest BCUT2D eigenvalue weighted by Crippen LogP contribution is 2.18. The molecule has 0 radical (unpaired) electrons. The van der Waals surface area contributed by atoms with Crippen LogP contribution in [0.4, 0.5) is 5.69 Å². The van der Waals surface area contributed by atoms with Crippen LogP contribution in [-0.2, 0) is 10.0 Å². The van der Waals surface area contributed by atoms with Crippen LogP contribution in [0.3, 0.4) is 0 Å². The van der Waals surface area contributed by atoms with Crippen molar-refractivity contribution < 1.29 is 8.42 Å². The molecule has 114 valence electrons. The van der Waals surface area contributed by atoms with Gasteiger partial charge in [0.1, 0.15) is 0 Å². The second-order valence-electron chi connectivity index (χ2n) is 4.83. The Morgan fingerprint density at radius 1 is 1.20 bits per heavy atom. The number of rotatable bonds is 9. The van der Waals surface area contributed by atoms with E-state index in [2.05, 4.69) is 11.0 Å². The van der Waals surface area contributed by atoms with Crippen LogP contribution in [0.1, 0.15) is 31.2 Å². The number of anilines is 1. The summed E-state index contributed by atoms with van der Waals surface area (Å²) in [6.07, 6.45) is 6.37. The normalized spacial score (nSPS) is 11.7. The molecule has 0 bridgehead atoms. The molecule has 0 spiro atoms. The van der Waals surface area contributed by atoms with Crippen molar-refractivity contribution in [2.75, 3.05) is 24.3 Å². The molecule has 0 aliphatic rings. The van der Waals surface area contributed by atoms with Crippen LogP contribution in [0.2, 0.25) is 0 Å². The Hall–Kier alpha value is -0.720. The Labute approximate surface area is 126 Å². The summed E-state index contributed by atoms with van der Waals surface area (Å²) in [5.74, 6) is 1.17. The van der Waals surface area contributed by atoms with E-state index in [0.29, 0.717) is 17.8 Å². The van der Waals surface area contributed by atoms with Crippen LogP contribution in [0.25, 0.3) is 0 Å². The summed E-state index contributed by atoms with van der Waals surface area (Å²) in [6.45, 7) is 2.26. The van der Waals surface area contributed by atoms with Gasteiger partial charge in [0.2, 0.25) is 10.0 Å². The van der Waals surface area contributed by atoms with Crippen molar-refractivity contribution in [1.82, 2.24) is 4.72 Å². The molecule has 3 N–H and O–H groups in total. The largest absolute Gasteiger partial charge is 0.399 e. The zero-order valence-corrected chi connectivity index (χ0v) is 13.8. The first kappa shape index (κ1) is 17.3. The zero-order valence-electron chi connectivity index (χ0n) is 12.2. The number of nitrogens with two attached hydrogens (primary N) is 1. The maximum Gasteiger partial charge on any atom is 0.240 e. The van der Waals surface area contributed by atoms with Crippen molar-refractivity contribution in [3.8, 4) is 0 Å². The van der Waals surface area contributed by atoms with Gasteiger partial charge in [0.05, 0.1) is 4.90 Å². The van der Waals surface area contributed by atoms with Crippen LogP contribution in [-0.4, -0.2) is 27.0 Å². The predicted octanol–water partition coefficient (Wildman–Crippen LogP) is 2.78. The highest BCUT2D eigenvalue weighted by atomic mass is 32.2. The van der Waals surface area contributed by atoms with Gasteiger partial charge in [-0.15, -0.1) is 0 Å². The molecule has 0 aliphatic heterocycles. The van der Waals surface area contributed by atoms with E-state index < -0.39 is 10.0 Å². The average molecular weight is 316 g/mol. The Balaban J connectivity index is 2.44. The number of benzene rings is 1. The molecule has 1 aromatic rings. The van der Waals surface area contributed by atoms with Gasteiger partial charge in [-0.1, -0.05) is 18.9 Å². The number of sulfonamides is 1. The molecule has 0 heterocycles. The summed E-state index contributed by atoms with van der Waals surface area (Å²) in [6, 6.07) is 4.95. The average Bonchev–Trinajstić information content (AvgIpc) is 2.40. The molecule has 20 heavy (non-hydrogen) atoms. The van der Waals surface area contributed by atoms with Gasteiger partial charge in [0.15, 0.2) is 0 Å². The van der Waals surface area contributed by atoms with Crippen molar-refractivity contribution in [3.05, 3.63) is 23.8 Å². The van der Waals surface area contributed by atoms with Gasteiger partial charge >= 0.3 is 0 Å². The van der Waals surface area contributed by atoms with Gasteiger partial charge in [-0.05, 0) is 49.5 Å². The Kier molecular flexibility index (Phi) is 7.40. The molecule has 0 amide bonds. The second kappa shape index (κ2) is 8.54. The lowest BCUT2D eigenvalue weighted by atomic mass is 10.2. The van der Waals surface area contributed by atoms with E-state index in [1.807, 2.05) is 11.8 Å². The third kappa shape index (κ3) is 5.73. The zero-order chi connectivity index (χ0) is 15.0. The highest BCUT2D eigenvalue weighted by molar-refractivity contribution is 7.98. The van der Waals surface area contributed by atoms with Crippen molar-refractivity contribution in [3.63, 3.8) is 0 Å². The first-order valence-electron chi connectivity index (χ1n) is 6.82. The van der Waals surface area contributed by atoms with E-state index in [1.165, 1.54) is 18.2 Å². The third-order valence-corrected chi connectivity index (χ3v) is 5.37. The minimum atomic E-state index is -3.44. The van der Waals surface area contributed by atoms with E-state index >= 15 is 0 Å². The molecule has 0 aliphatic carbocycles. The summed E-state index contributed by atoms with van der Waals surface area (Å²) in [5, 5.41) is 0. The molecule has 0 saturated carbocycles. The van der Waals surface area contributed by atoms with Crippen molar-refractivity contribution in [2.45, 2.75) is 37.5 Å². The van der Waals surface area contributed by atoms with Gasteiger partial charge in [-0.3, -0.25) is 0 Å². The molecule has 6 heteroatoms. The molecule has 0 fully saturated rings. The molecular formula is C14H24N2O2S2. The van der Waals surface area contributed by atoms with Gasteiger partial charge in [0.25, 0.3) is 0 Å². The van der Waals surface area contributed by atoms with Crippen LogP contribution >= 0.6 is 11.8 Å². The van der Waals surface area contributed by atoms with E-state index in [0.717, 1.165) is 19.3 Å². The fraction of sp³-hybridized carbons (Fsp3) is 0.571. The maximum atomic E-state index is 12.2. The van der Waals surface area contributed by atoms with Gasteiger partial charge < -0.3 is 5.73 Å². The van der Waals surface area contributed by atoms with Crippen LogP contribution in [0.5, 0.6) is 0 Å². The predicted molar refractivity (Wildman–Crippen MR) is 87.6 cm³/mol. The summed E-state index contributed by atoms with van der Waals surface area (Å²) in [5.41, 5.74) is 6.83. The SMILES string of the molecule is CSCCCCCCNS(=O)(=O)c1cc(N)ccc1C. The standard InChI is InChI=1S/C14H24N2O2S2/c1-12-7-8-13(15)11-14(12)20(17,18)16-9-5-3-4-6-10-19-2/h7-8,11,16H,3-6,9-10,15H2,1-2H3. The Morgan fingerprint density at radius 2 is 1.90 bits per heavy atom. The molecule has 0 unspecified atom stereocenters. The maximum absolute atomic E-state index is 12.2. The molecule has 1 rings (SSSR count). The Bertz CT molecular complexity index is 516. The number of nitrogens with one attached hydrogen (secondary N) is 1. The monoisotopic (exact) mass is 316 g/mol. The fourth-order valence-corrected chi connectivity index (χ4v) is 3.76.